The number of fused-ring (bicyclic) bond motifs is 2. The number of rotatable bonds is 8. The number of pyridine rings is 1. The van der Waals surface area contributed by atoms with Crippen molar-refractivity contribution in [3.63, 3.8) is 0 Å². The van der Waals surface area contributed by atoms with Gasteiger partial charge in [0.2, 0.25) is 39.9 Å². The van der Waals surface area contributed by atoms with Crippen LogP contribution in [0.4, 0.5) is 5.69 Å². The number of cyclic esters (lactones) is 1. The molecule has 3 saturated heterocycles. The standard InChI is InChI=1S/C46H56N8O10.CH4O4S/c1-7-32-43(60)52-23-12-15-33(52)44(61)51(3)35(25-28-17-19-30(20-18-28)54(4,5)6)45(62)53-24-21-31(55)26-34(53)40(57)50-38(29-13-9-8-10-14-29)46(63)64-27(2)37(41(58)48-32)49-42(59)39-36(56)16-11-22-47-39;1-5-6(2,3)4/h8-11,13-14,16-20,22,27,32-35,37-38H,7,12,15,21,23-26H2,1-6H3,(H3-,48,49,50,56,57,58,59);1H3,(H,2,3,4)/t27-,32-,33+,34+,35+,37+,38+;/m1./s1. The van der Waals surface area contributed by atoms with E-state index in [1.165, 1.54) is 47.0 Å². The van der Waals surface area contributed by atoms with Gasteiger partial charge >= 0.3 is 5.97 Å². The van der Waals surface area contributed by atoms with E-state index in [1.807, 2.05) is 45.4 Å². The smallest absolute Gasteiger partial charge is 0.333 e. The van der Waals surface area contributed by atoms with Crippen LogP contribution in [0, 0.1) is 0 Å². The lowest BCUT2D eigenvalue weighted by molar-refractivity contribution is -0.156. The number of hydrogen-bond acceptors (Lipinski definition) is 15. The van der Waals surface area contributed by atoms with E-state index in [1.54, 1.807) is 37.3 Å². The van der Waals surface area contributed by atoms with E-state index < -0.39 is 106 Å². The van der Waals surface area contributed by atoms with Crippen LogP contribution in [0.1, 0.15) is 73.6 Å². The number of nitrogens with zero attached hydrogens (tertiary/aromatic N) is 5. The first-order valence-corrected chi connectivity index (χ1v) is 23.9. The van der Waals surface area contributed by atoms with Crippen molar-refractivity contribution in [2.75, 3.05) is 48.4 Å². The van der Waals surface area contributed by atoms with Gasteiger partial charge in [0.05, 0.1) is 28.3 Å². The van der Waals surface area contributed by atoms with Crippen molar-refractivity contribution in [2.24, 2.45) is 0 Å². The molecule has 70 heavy (non-hydrogen) atoms. The second-order valence-electron chi connectivity index (χ2n) is 17.9. The first kappa shape index (κ1) is 54.1. The van der Waals surface area contributed by atoms with Crippen molar-refractivity contribution in [1.82, 2.24) is 40.1 Å². The number of aromatic nitrogens is 1. The molecule has 0 saturated carbocycles. The van der Waals surface area contributed by atoms with Crippen molar-refractivity contribution >= 4 is 63.3 Å². The molecule has 0 unspecified atom stereocenters. The Morgan fingerprint density at radius 3 is 2.14 bits per heavy atom. The summed E-state index contributed by atoms with van der Waals surface area (Å²) in [7, 11) is 3.91. The number of carbonyl (C=O) groups excluding carboxylic acids is 8. The number of likely N-dealkylation sites (N-methyl/N-ethyl adjacent to an activating group) is 1. The number of carbonyl (C=O) groups is 8. The number of nitrogens with one attached hydrogen (secondary N) is 3. The van der Waals surface area contributed by atoms with Crippen LogP contribution < -0.4 is 20.4 Å². The number of amides is 6. The Bertz CT molecular complexity index is 2540. The Morgan fingerprint density at radius 1 is 0.900 bits per heavy atom. The summed E-state index contributed by atoms with van der Waals surface area (Å²) in [6, 6.07) is 10.2. The molecular weight excluding hydrogens is 933 g/mol. The summed E-state index contributed by atoms with van der Waals surface area (Å²) < 4.78 is 37.4. The fourth-order valence-electron chi connectivity index (χ4n) is 8.35. The first-order valence-electron chi connectivity index (χ1n) is 22.6. The van der Waals surface area contributed by atoms with Gasteiger partial charge in [-0.05, 0) is 61.6 Å². The van der Waals surface area contributed by atoms with Crippen LogP contribution in [0.3, 0.4) is 0 Å². The largest absolute Gasteiger partial charge is 0.726 e. The summed E-state index contributed by atoms with van der Waals surface area (Å²) in [5, 5.41) is 18.3. The highest BCUT2D eigenvalue weighted by atomic mass is 32.3. The van der Waals surface area contributed by atoms with Gasteiger partial charge in [-0.1, -0.05) is 49.4 Å². The van der Waals surface area contributed by atoms with Gasteiger partial charge in [-0.25, -0.2) is 18.2 Å². The molecule has 0 spiro atoms. The normalized spacial score (nSPS) is 24.4. The fraction of sp³-hybridized carbons (Fsp3) is 0.468. The number of aromatic hydroxyl groups is 1. The van der Waals surface area contributed by atoms with Gasteiger partial charge in [0.15, 0.2) is 11.7 Å². The molecule has 3 aliphatic heterocycles. The average Bonchev–Trinajstić information content (AvgIpc) is 3.82. The molecule has 7 atom stereocenters. The van der Waals surface area contributed by atoms with Gasteiger partial charge in [0.25, 0.3) is 5.91 Å². The molecule has 3 aromatic rings. The molecule has 4 N–H and O–H groups in total. The predicted octanol–water partition coefficient (Wildman–Crippen LogP) is 0.494. The number of piperidine rings is 1. The maximum atomic E-state index is 15.0. The summed E-state index contributed by atoms with van der Waals surface area (Å²) in [4.78, 5) is 122. The van der Waals surface area contributed by atoms with Gasteiger partial charge < -0.3 is 45.0 Å². The van der Waals surface area contributed by atoms with Gasteiger partial charge in [-0.2, -0.15) is 0 Å². The molecule has 3 fully saturated rings. The Labute approximate surface area is 406 Å². The first-order chi connectivity index (χ1) is 32.9. The average molecular weight is 993 g/mol. The number of benzene rings is 2. The van der Waals surface area contributed by atoms with E-state index in [4.69, 9.17) is 4.74 Å². The molecule has 22 nitrogen and oxygen atoms in total. The van der Waals surface area contributed by atoms with E-state index in [-0.39, 0.29) is 56.5 Å². The lowest BCUT2D eigenvalue weighted by Crippen LogP contribution is -2.61. The quantitative estimate of drug-likeness (QED) is 0.103. The molecule has 1 aromatic heterocycles. The second kappa shape index (κ2) is 23.2. The SMILES string of the molecule is CC[C@H]1NC(=O)[C@@H](NC(=O)c2ncccc2O)[C@@H](C)OC(=O)[C@H](c2ccccc2)NC(=O)[C@@H]2CC(=O)CCN2C(=O)[C@H](Cc2ccc([N+](C)(C)C)cc2)N(C)C(=O)[C@@H]2CCCN2C1=O.COS(=O)(=O)[O-]. The maximum Gasteiger partial charge on any atom is 0.333 e. The minimum Gasteiger partial charge on any atom is -0.726 e. The highest BCUT2D eigenvalue weighted by molar-refractivity contribution is 7.80. The molecule has 6 rings (SSSR count). The zero-order valence-corrected chi connectivity index (χ0v) is 40.8. The van der Waals surface area contributed by atoms with Crippen molar-refractivity contribution < 1.29 is 65.4 Å². The number of quaternary nitrogens is 1. The summed E-state index contributed by atoms with van der Waals surface area (Å²) in [6.45, 7) is 3.02. The monoisotopic (exact) mass is 992 g/mol. The van der Waals surface area contributed by atoms with E-state index in [9.17, 15) is 51.6 Å². The minimum absolute atomic E-state index is 0.0336. The number of esters is 1. The molecule has 4 heterocycles. The Hall–Kier alpha value is -6.82. The topological polar surface area (TPSA) is 291 Å². The molecule has 378 valence electrons. The van der Waals surface area contributed by atoms with Crippen molar-refractivity contribution in [2.45, 2.75) is 94.7 Å². The number of Topliss-reactive ketones (excluding diaryl/α,β-unsaturated/α-hetero) is 1. The van der Waals surface area contributed by atoms with Crippen LogP contribution in [0.2, 0.25) is 0 Å². The summed E-state index contributed by atoms with van der Waals surface area (Å²) in [6.07, 6.45) is 0.182. The zero-order chi connectivity index (χ0) is 51.7. The van der Waals surface area contributed by atoms with E-state index >= 15 is 4.79 Å². The van der Waals surface area contributed by atoms with E-state index in [0.717, 1.165) is 18.4 Å². The molecule has 3 aliphatic rings. The van der Waals surface area contributed by atoms with Crippen LogP contribution in [-0.2, 0) is 59.3 Å². The van der Waals surface area contributed by atoms with Crippen LogP contribution in [0.5, 0.6) is 5.75 Å². The Kier molecular flexibility index (Phi) is 17.9. The maximum absolute atomic E-state index is 15.0. The van der Waals surface area contributed by atoms with Gasteiger partial charge in [0.1, 0.15) is 53.5 Å². The van der Waals surface area contributed by atoms with Crippen LogP contribution in [-0.4, -0.2) is 170 Å². The molecule has 2 aromatic carbocycles. The third-order valence-electron chi connectivity index (χ3n) is 12.3. The fourth-order valence-corrected chi connectivity index (χ4v) is 8.35. The molecule has 23 heteroatoms. The van der Waals surface area contributed by atoms with Gasteiger partial charge in [-0.15, -0.1) is 0 Å². The third kappa shape index (κ3) is 13.5. The lowest BCUT2D eigenvalue weighted by Gasteiger charge is -2.40. The van der Waals surface area contributed by atoms with E-state index in [2.05, 4.69) is 25.1 Å². The zero-order valence-electron chi connectivity index (χ0n) is 40.0. The van der Waals surface area contributed by atoms with Crippen molar-refractivity contribution in [3.05, 3.63) is 89.7 Å². The Morgan fingerprint density at radius 2 is 1.54 bits per heavy atom. The Balaban J connectivity index is 0.00000143. The predicted molar refractivity (Wildman–Crippen MR) is 250 cm³/mol. The van der Waals surface area contributed by atoms with Gasteiger partial charge in [0, 0.05) is 45.6 Å². The highest BCUT2D eigenvalue weighted by Crippen LogP contribution is 2.27. The van der Waals surface area contributed by atoms with Crippen LogP contribution >= 0.6 is 0 Å². The molecular formula is C47H60N8O14S. The van der Waals surface area contributed by atoms with E-state index in [0.29, 0.717) is 10.9 Å². The van der Waals surface area contributed by atoms with Crippen LogP contribution in [0.25, 0.3) is 0 Å². The summed E-state index contributed by atoms with van der Waals surface area (Å²) >= 11 is 0. The number of hydrogen-bond donors (Lipinski definition) is 4. The summed E-state index contributed by atoms with van der Waals surface area (Å²) in [5.74, 6) is -6.31. The number of ketones is 1. The molecule has 0 radical (unpaired) electrons. The van der Waals surface area contributed by atoms with Crippen molar-refractivity contribution in [3.8, 4) is 5.75 Å². The van der Waals surface area contributed by atoms with Crippen molar-refractivity contribution in [1.29, 1.82) is 0 Å². The van der Waals surface area contributed by atoms with Gasteiger partial charge in [-0.3, -0.25) is 42.2 Å². The summed E-state index contributed by atoms with van der Waals surface area (Å²) in [5.41, 5.74) is 1.55. The number of ether oxygens (including phenoxy) is 1. The molecule has 0 aliphatic carbocycles. The lowest BCUT2D eigenvalue weighted by atomic mass is 9.95. The molecule has 0 bridgehead atoms. The third-order valence-corrected chi connectivity index (χ3v) is 12.7. The highest BCUT2D eigenvalue weighted by Gasteiger charge is 2.46. The minimum atomic E-state index is -4.41. The van der Waals surface area contributed by atoms with Crippen LogP contribution in [0.15, 0.2) is 72.9 Å². The second-order valence-corrected chi connectivity index (χ2v) is 19.1. The molecule has 6 amide bonds.